The first-order valence-electron chi connectivity index (χ1n) is 9.06. The lowest BCUT2D eigenvalue weighted by Gasteiger charge is -2.37. The fourth-order valence-electron chi connectivity index (χ4n) is 3.51. The quantitative estimate of drug-likeness (QED) is 0.620. The van der Waals surface area contributed by atoms with Crippen LogP contribution in [0.25, 0.3) is 0 Å². The third-order valence-corrected chi connectivity index (χ3v) is 5.36. The van der Waals surface area contributed by atoms with Gasteiger partial charge in [-0.05, 0) is 51.2 Å². The molecule has 2 rings (SSSR count). The van der Waals surface area contributed by atoms with Gasteiger partial charge in [-0.2, -0.15) is 0 Å². The number of methoxy groups -OCH3 is 1. The van der Waals surface area contributed by atoms with Crippen LogP contribution in [-0.2, 0) is 5.60 Å². The number of aliphatic imine (C=N–C) groups is 1. The summed E-state index contributed by atoms with van der Waals surface area (Å²) in [6, 6.07) is 3.99. The Bertz CT molecular complexity index is 575. The van der Waals surface area contributed by atoms with Gasteiger partial charge in [0, 0.05) is 25.2 Å². The summed E-state index contributed by atoms with van der Waals surface area (Å²) in [5.74, 6) is 1.02. The van der Waals surface area contributed by atoms with E-state index in [0.29, 0.717) is 5.92 Å². The lowest BCUT2D eigenvalue weighted by atomic mass is 9.74. The van der Waals surface area contributed by atoms with Gasteiger partial charge in [0.1, 0.15) is 5.75 Å². The van der Waals surface area contributed by atoms with Crippen LogP contribution < -0.4 is 4.74 Å². The summed E-state index contributed by atoms with van der Waals surface area (Å²) in [7, 11) is 3.66. The molecule has 24 heavy (non-hydrogen) atoms. The molecule has 0 heterocycles. The molecule has 0 spiro atoms. The number of ether oxygens (including phenoxy) is 1. The summed E-state index contributed by atoms with van der Waals surface area (Å²) in [5.41, 5.74) is 1.97. The Hall–Kier alpha value is -1.55. The van der Waals surface area contributed by atoms with E-state index in [-0.39, 0.29) is 0 Å². The van der Waals surface area contributed by atoms with Crippen molar-refractivity contribution in [3.63, 3.8) is 0 Å². The highest BCUT2D eigenvalue weighted by atomic mass is 16.5. The lowest BCUT2D eigenvalue weighted by molar-refractivity contribution is -0.0232. The number of rotatable bonds is 6. The van der Waals surface area contributed by atoms with E-state index in [9.17, 15) is 5.11 Å². The van der Waals surface area contributed by atoms with Gasteiger partial charge in [-0.25, -0.2) is 4.99 Å². The SMILES string of the molecule is CCN(C)C=Nc1cc(OC)c(C(C)(O)C2CCCCC2)cc1C. The Morgan fingerprint density at radius 2 is 2.00 bits per heavy atom. The molecule has 1 atom stereocenters. The molecular weight excluding hydrogens is 300 g/mol. The van der Waals surface area contributed by atoms with Crippen molar-refractivity contribution in [2.45, 2.75) is 58.5 Å². The largest absolute Gasteiger partial charge is 0.496 e. The van der Waals surface area contributed by atoms with Crippen LogP contribution in [0.15, 0.2) is 17.1 Å². The third kappa shape index (κ3) is 4.10. The van der Waals surface area contributed by atoms with E-state index in [0.717, 1.165) is 42.0 Å². The standard InChI is InChI=1S/C20H32N2O2/c1-6-22(4)14-21-18-13-19(24-5)17(12-15(18)2)20(3,23)16-10-8-7-9-11-16/h12-14,16,23H,6-11H2,1-5H3. The molecule has 4 heteroatoms. The summed E-state index contributed by atoms with van der Waals surface area (Å²) >= 11 is 0. The summed E-state index contributed by atoms with van der Waals surface area (Å²) in [5, 5.41) is 11.3. The molecule has 1 fully saturated rings. The predicted molar refractivity (Wildman–Crippen MR) is 100 cm³/mol. The van der Waals surface area contributed by atoms with Crippen LogP contribution in [0.1, 0.15) is 57.1 Å². The predicted octanol–water partition coefficient (Wildman–Crippen LogP) is 4.40. The molecule has 0 aliphatic heterocycles. The first-order chi connectivity index (χ1) is 11.4. The highest BCUT2D eigenvalue weighted by Gasteiger charge is 2.37. The number of hydrogen-bond acceptors (Lipinski definition) is 3. The molecule has 134 valence electrons. The van der Waals surface area contributed by atoms with Crippen molar-refractivity contribution in [1.82, 2.24) is 4.90 Å². The van der Waals surface area contributed by atoms with Crippen molar-refractivity contribution in [1.29, 1.82) is 0 Å². The first kappa shape index (κ1) is 18.8. The normalized spacial score (nSPS) is 18.6. The second kappa shape index (κ2) is 8.02. The molecule has 0 aromatic heterocycles. The van der Waals surface area contributed by atoms with Gasteiger partial charge in [0.15, 0.2) is 0 Å². The lowest BCUT2D eigenvalue weighted by Crippen LogP contribution is -2.33. The van der Waals surface area contributed by atoms with Crippen LogP contribution in [0.4, 0.5) is 5.69 Å². The van der Waals surface area contributed by atoms with Crippen molar-refractivity contribution >= 4 is 12.0 Å². The fourth-order valence-corrected chi connectivity index (χ4v) is 3.51. The third-order valence-electron chi connectivity index (χ3n) is 5.36. The highest BCUT2D eigenvalue weighted by molar-refractivity contribution is 5.65. The summed E-state index contributed by atoms with van der Waals surface area (Å²) in [6.07, 6.45) is 7.68. The maximum atomic E-state index is 11.3. The van der Waals surface area contributed by atoms with E-state index < -0.39 is 5.60 Å². The Labute approximate surface area is 146 Å². The zero-order valence-electron chi connectivity index (χ0n) is 15.8. The van der Waals surface area contributed by atoms with E-state index in [1.807, 2.05) is 44.3 Å². The van der Waals surface area contributed by atoms with Crippen molar-refractivity contribution in [2.75, 3.05) is 20.7 Å². The van der Waals surface area contributed by atoms with Gasteiger partial charge in [0.05, 0.1) is 24.7 Å². The number of benzene rings is 1. The molecule has 1 saturated carbocycles. The minimum Gasteiger partial charge on any atom is -0.496 e. The molecule has 1 aromatic rings. The molecule has 0 bridgehead atoms. The van der Waals surface area contributed by atoms with Crippen molar-refractivity contribution in [2.24, 2.45) is 10.9 Å². The molecule has 1 N–H and O–H groups in total. The zero-order valence-corrected chi connectivity index (χ0v) is 15.8. The minimum absolute atomic E-state index is 0.292. The van der Waals surface area contributed by atoms with Crippen molar-refractivity contribution < 1.29 is 9.84 Å². The number of nitrogens with zero attached hydrogens (tertiary/aromatic N) is 2. The molecule has 0 radical (unpaired) electrons. The van der Waals surface area contributed by atoms with Crippen molar-refractivity contribution in [3.8, 4) is 5.75 Å². The van der Waals surface area contributed by atoms with Gasteiger partial charge in [0.2, 0.25) is 0 Å². The summed E-state index contributed by atoms with van der Waals surface area (Å²) < 4.78 is 5.60. The van der Waals surface area contributed by atoms with E-state index >= 15 is 0 Å². The van der Waals surface area contributed by atoms with E-state index in [1.54, 1.807) is 7.11 Å². The number of aryl methyl sites for hydroxylation is 1. The number of hydrogen-bond donors (Lipinski definition) is 1. The highest BCUT2D eigenvalue weighted by Crippen LogP contribution is 2.44. The fraction of sp³-hybridized carbons (Fsp3) is 0.650. The van der Waals surface area contributed by atoms with Crippen LogP contribution in [0.5, 0.6) is 5.75 Å². The second-order valence-corrected chi connectivity index (χ2v) is 7.14. The monoisotopic (exact) mass is 332 g/mol. The van der Waals surface area contributed by atoms with Crippen LogP contribution in [0, 0.1) is 12.8 Å². The average Bonchev–Trinajstić information content (AvgIpc) is 2.60. The van der Waals surface area contributed by atoms with Gasteiger partial charge in [-0.15, -0.1) is 0 Å². The van der Waals surface area contributed by atoms with Crippen LogP contribution in [0.2, 0.25) is 0 Å². The van der Waals surface area contributed by atoms with E-state index in [1.165, 1.54) is 19.3 Å². The number of aliphatic hydroxyl groups is 1. The van der Waals surface area contributed by atoms with E-state index in [4.69, 9.17) is 4.74 Å². The Balaban J connectivity index is 2.36. The topological polar surface area (TPSA) is 45.1 Å². The molecule has 4 nitrogen and oxygen atoms in total. The van der Waals surface area contributed by atoms with Gasteiger partial charge in [0.25, 0.3) is 0 Å². The first-order valence-corrected chi connectivity index (χ1v) is 9.06. The van der Waals surface area contributed by atoms with Gasteiger partial charge in [-0.1, -0.05) is 19.3 Å². The van der Waals surface area contributed by atoms with Gasteiger partial charge in [-0.3, -0.25) is 0 Å². The Kier molecular flexibility index (Phi) is 6.27. The summed E-state index contributed by atoms with van der Waals surface area (Å²) in [6.45, 7) is 6.98. The van der Waals surface area contributed by atoms with Crippen LogP contribution >= 0.6 is 0 Å². The smallest absolute Gasteiger partial charge is 0.127 e. The molecular formula is C20H32N2O2. The molecule has 1 aliphatic rings. The van der Waals surface area contributed by atoms with Crippen molar-refractivity contribution in [3.05, 3.63) is 23.3 Å². The maximum Gasteiger partial charge on any atom is 0.127 e. The molecule has 1 unspecified atom stereocenters. The summed E-state index contributed by atoms with van der Waals surface area (Å²) in [4.78, 5) is 6.59. The van der Waals surface area contributed by atoms with Crippen LogP contribution in [-0.4, -0.2) is 37.0 Å². The van der Waals surface area contributed by atoms with Gasteiger partial charge < -0.3 is 14.7 Å². The Morgan fingerprint density at radius 1 is 1.33 bits per heavy atom. The molecule has 1 aliphatic carbocycles. The molecule has 0 amide bonds. The van der Waals surface area contributed by atoms with Gasteiger partial charge >= 0.3 is 0 Å². The zero-order chi connectivity index (χ0) is 17.7. The molecule has 0 saturated heterocycles. The minimum atomic E-state index is -0.862. The van der Waals surface area contributed by atoms with E-state index in [2.05, 4.69) is 11.9 Å². The average molecular weight is 332 g/mol. The van der Waals surface area contributed by atoms with Crippen LogP contribution in [0.3, 0.4) is 0 Å². The second-order valence-electron chi connectivity index (χ2n) is 7.14. The Morgan fingerprint density at radius 3 is 2.58 bits per heavy atom. The molecule has 1 aromatic carbocycles. The maximum absolute atomic E-state index is 11.3.